The molecule has 7 heteroatoms. The highest BCUT2D eigenvalue weighted by atomic mass is 19.1. The Morgan fingerprint density at radius 2 is 1.96 bits per heavy atom. The van der Waals surface area contributed by atoms with Crippen molar-refractivity contribution < 1.29 is 23.4 Å². The van der Waals surface area contributed by atoms with Crippen LogP contribution in [0.15, 0.2) is 42.5 Å². The third kappa shape index (κ3) is 3.41. The Kier molecular flexibility index (Phi) is 4.92. The Bertz CT molecular complexity index is 1000. The van der Waals surface area contributed by atoms with Crippen molar-refractivity contribution in [3.63, 3.8) is 0 Å². The third-order valence-electron chi connectivity index (χ3n) is 4.95. The Morgan fingerprint density at radius 3 is 2.68 bits per heavy atom. The summed E-state index contributed by atoms with van der Waals surface area (Å²) in [6, 6.07) is 11.6. The van der Waals surface area contributed by atoms with Crippen molar-refractivity contribution >= 4 is 16.8 Å². The highest BCUT2D eigenvalue weighted by Gasteiger charge is 2.27. The number of ether oxygens (including phenoxy) is 3. The van der Waals surface area contributed by atoms with E-state index < -0.39 is 0 Å². The van der Waals surface area contributed by atoms with Crippen molar-refractivity contribution in [2.24, 2.45) is 0 Å². The molecule has 28 heavy (non-hydrogen) atoms. The number of methoxy groups -OCH3 is 2. The van der Waals surface area contributed by atoms with E-state index in [1.165, 1.54) is 12.1 Å². The molecule has 0 spiro atoms. The summed E-state index contributed by atoms with van der Waals surface area (Å²) in [5.74, 6) is 0.854. The number of aromatic amines is 1. The fraction of sp³-hybridized carbons (Fsp3) is 0.286. The first-order valence-corrected chi connectivity index (χ1v) is 9.00. The van der Waals surface area contributed by atoms with Gasteiger partial charge in [-0.15, -0.1) is 0 Å². The van der Waals surface area contributed by atoms with Crippen LogP contribution in [0.5, 0.6) is 11.5 Å². The second kappa shape index (κ2) is 7.52. The quantitative estimate of drug-likeness (QED) is 0.747. The van der Waals surface area contributed by atoms with E-state index in [4.69, 9.17) is 14.2 Å². The maximum absolute atomic E-state index is 13.2. The van der Waals surface area contributed by atoms with Crippen LogP contribution < -0.4 is 9.47 Å². The van der Waals surface area contributed by atoms with Crippen LogP contribution in [-0.2, 0) is 4.74 Å². The Morgan fingerprint density at radius 1 is 1.18 bits per heavy atom. The Labute approximate surface area is 161 Å². The van der Waals surface area contributed by atoms with Gasteiger partial charge in [0.1, 0.15) is 29.1 Å². The summed E-state index contributed by atoms with van der Waals surface area (Å²) in [5, 5.41) is 0.836. The van der Waals surface area contributed by atoms with Gasteiger partial charge in [-0.3, -0.25) is 4.79 Å². The number of H-pyrrole nitrogens is 1. The number of carbonyl (C=O) groups excluding carboxylic acids is 1. The molecule has 0 aliphatic carbocycles. The predicted molar refractivity (Wildman–Crippen MR) is 102 cm³/mol. The number of carbonyl (C=O) groups is 1. The zero-order valence-electron chi connectivity index (χ0n) is 15.7. The molecule has 3 aromatic rings. The van der Waals surface area contributed by atoms with Crippen LogP contribution >= 0.6 is 0 Å². The molecule has 1 amide bonds. The number of amides is 1. The minimum absolute atomic E-state index is 0.118. The molecule has 0 bridgehead atoms. The number of rotatable bonds is 4. The number of fused-ring (bicyclic) bond motifs is 1. The first kappa shape index (κ1) is 18.3. The van der Waals surface area contributed by atoms with Gasteiger partial charge in [0.05, 0.1) is 32.9 Å². The predicted octanol–water partition coefficient (Wildman–Crippen LogP) is 3.54. The summed E-state index contributed by atoms with van der Waals surface area (Å²) in [4.78, 5) is 18.0. The monoisotopic (exact) mass is 384 g/mol. The lowest BCUT2D eigenvalue weighted by atomic mass is 10.1. The Hall–Kier alpha value is -3.06. The molecule has 0 radical (unpaired) electrons. The highest BCUT2D eigenvalue weighted by Crippen LogP contribution is 2.32. The molecule has 146 valence electrons. The minimum atomic E-state index is -0.296. The van der Waals surface area contributed by atoms with Gasteiger partial charge in [-0.25, -0.2) is 4.39 Å². The summed E-state index contributed by atoms with van der Waals surface area (Å²) >= 11 is 0. The van der Waals surface area contributed by atoms with E-state index >= 15 is 0 Å². The van der Waals surface area contributed by atoms with Crippen LogP contribution in [-0.4, -0.2) is 49.7 Å². The summed E-state index contributed by atoms with van der Waals surface area (Å²) < 4.78 is 29.6. The first-order valence-electron chi connectivity index (χ1n) is 9.00. The van der Waals surface area contributed by atoms with Crippen molar-refractivity contribution in [3.05, 3.63) is 59.5 Å². The van der Waals surface area contributed by atoms with Gasteiger partial charge < -0.3 is 24.1 Å². The molecule has 1 saturated heterocycles. The van der Waals surface area contributed by atoms with Crippen molar-refractivity contribution in [2.75, 3.05) is 33.9 Å². The van der Waals surface area contributed by atoms with Gasteiger partial charge in [0, 0.05) is 18.0 Å². The second-order valence-corrected chi connectivity index (χ2v) is 6.64. The van der Waals surface area contributed by atoms with Gasteiger partial charge in [-0.2, -0.15) is 0 Å². The van der Waals surface area contributed by atoms with Gasteiger partial charge in [0.15, 0.2) is 0 Å². The Balaban J connectivity index is 1.59. The van der Waals surface area contributed by atoms with Crippen LogP contribution in [0.4, 0.5) is 4.39 Å². The molecule has 2 heterocycles. The van der Waals surface area contributed by atoms with Crippen LogP contribution in [0.1, 0.15) is 22.2 Å². The number of benzene rings is 2. The zero-order valence-corrected chi connectivity index (χ0v) is 15.7. The maximum atomic E-state index is 13.2. The summed E-state index contributed by atoms with van der Waals surface area (Å²) in [5.41, 5.74) is 2.07. The summed E-state index contributed by atoms with van der Waals surface area (Å²) in [6.45, 7) is 1.32. The lowest BCUT2D eigenvalue weighted by Gasteiger charge is -2.33. The van der Waals surface area contributed by atoms with Crippen molar-refractivity contribution in [3.8, 4) is 11.5 Å². The molecule has 1 aliphatic rings. The minimum Gasteiger partial charge on any atom is -0.497 e. The normalized spacial score (nSPS) is 17.0. The lowest BCUT2D eigenvalue weighted by Crippen LogP contribution is -2.42. The standard InChI is InChI=1S/C21H21FN2O4/c1-26-16-9-14-10-17(23-20(14)18(11-16)27-2)21(25)24-7-8-28-19(12-24)13-3-5-15(22)6-4-13/h3-6,9-11,19,23H,7-8,12H2,1-2H3/t19-/m0/s1. The van der Waals surface area contributed by atoms with Gasteiger partial charge in [0.2, 0.25) is 0 Å². The summed E-state index contributed by atoms with van der Waals surface area (Å²) in [7, 11) is 3.16. The van der Waals surface area contributed by atoms with Crippen LogP contribution in [0.3, 0.4) is 0 Å². The molecule has 1 N–H and O–H groups in total. The number of aromatic nitrogens is 1. The lowest BCUT2D eigenvalue weighted by molar-refractivity contribution is -0.0230. The van der Waals surface area contributed by atoms with E-state index in [2.05, 4.69) is 4.98 Å². The van der Waals surface area contributed by atoms with E-state index in [0.717, 1.165) is 16.5 Å². The average molecular weight is 384 g/mol. The number of hydrogen-bond acceptors (Lipinski definition) is 4. The molecular weight excluding hydrogens is 363 g/mol. The SMILES string of the molecule is COc1cc(OC)c2[nH]c(C(=O)N3CCO[C@H](c4ccc(F)cc4)C3)cc2c1. The molecule has 0 unspecified atom stereocenters. The molecular formula is C21H21FN2O4. The van der Waals surface area contributed by atoms with Crippen molar-refractivity contribution in [1.82, 2.24) is 9.88 Å². The first-order chi connectivity index (χ1) is 13.6. The summed E-state index contributed by atoms with van der Waals surface area (Å²) in [6.07, 6.45) is -0.280. The second-order valence-electron chi connectivity index (χ2n) is 6.64. The smallest absolute Gasteiger partial charge is 0.270 e. The van der Waals surface area contributed by atoms with Gasteiger partial charge in [-0.05, 0) is 29.8 Å². The molecule has 6 nitrogen and oxygen atoms in total. The number of nitrogens with one attached hydrogen (secondary N) is 1. The van der Waals surface area contributed by atoms with Crippen LogP contribution in [0, 0.1) is 5.82 Å². The van der Waals surface area contributed by atoms with Gasteiger partial charge in [-0.1, -0.05) is 12.1 Å². The van der Waals surface area contributed by atoms with E-state index in [9.17, 15) is 9.18 Å². The van der Waals surface area contributed by atoms with Crippen LogP contribution in [0.25, 0.3) is 10.9 Å². The highest BCUT2D eigenvalue weighted by molar-refractivity contribution is 6.00. The molecule has 1 aliphatic heterocycles. The molecule has 0 saturated carbocycles. The van der Waals surface area contributed by atoms with Crippen molar-refractivity contribution in [2.45, 2.75) is 6.10 Å². The molecule has 1 atom stereocenters. The number of hydrogen-bond donors (Lipinski definition) is 1. The average Bonchev–Trinajstić information content (AvgIpc) is 3.17. The fourth-order valence-electron chi connectivity index (χ4n) is 3.46. The van der Waals surface area contributed by atoms with Gasteiger partial charge >= 0.3 is 0 Å². The van der Waals surface area contributed by atoms with Crippen LogP contribution in [0.2, 0.25) is 0 Å². The van der Waals surface area contributed by atoms with E-state index in [1.54, 1.807) is 43.4 Å². The third-order valence-corrected chi connectivity index (χ3v) is 4.95. The molecule has 1 aromatic heterocycles. The van der Waals surface area contributed by atoms with E-state index in [0.29, 0.717) is 36.9 Å². The number of halogens is 1. The van der Waals surface area contributed by atoms with Crippen molar-refractivity contribution in [1.29, 1.82) is 0 Å². The fourth-order valence-corrected chi connectivity index (χ4v) is 3.46. The molecule has 2 aromatic carbocycles. The van der Waals surface area contributed by atoms with E-state index in [-0.39, 0.29) is 17.8 Å². The van der Waals surface area contributed by atoms with E-state index in [1.807, 2.05) is 6.07 Å². The molecule has 4 rings (SSSR count). The topological polar surface area (TPSA) is 63.8 Å². The maximum Gasteiger partial charge on any atom is 0.270 e. The zero-order chi connectivity index (χ0) is 19.7. The van der Waals surface area contributed by atoms with Gasteiger partial charge in [0.25, 0.3) is 5.91 Å². The largest absolute Gasteiger partial charge is 0.497 e. The molecule has 1 fully saturated rings. The number of morpholine rings is 1. The number of nitrogens with zero attached hydrogens (tertiary/aromatic N) is 1.